The lowest BCUT2D eigenvalue weighted by atomic mass is 9.98. The molecular formula is C32H33Cl2FN10. The zero-order chi connectivity index (χ0) is 31.9. The van der Waals surface area contributed by atoms with E-state index in [-0.39, 0.29) is 22.2 Å². The summed E-state index contributed by atoms with van der Waals surface area (Å²) in [7, 11) is 1.91. The van der Waals surface area contributed by atoms with E-state index in [0.717, 1.165) is 31.6 Å². The molecular weight excluding hydrogens is 614 g/mol. The molecule has 5 aromatic rings. The van der Waals surface area contributed by atoms with Crippen LogP contribution in [0.3, 0.4) is 0 Å². The summed E-state index contributed by atoms with van der Waals surface area (Å²) in [6.45, 7) is 8.74. The van der Waals surface area contributed by atoms with E-state index >= 15 is 0 Å². The molecule has 13 heteroatoms. The molecule has 1 aliphatic heterocycles. The number of anilines is 3. The highest BCUT2D eigenvalue weighted by atomic mass is 35.5. The molecule has 1 aliphatic rings. The van der Waals surface area contributed by atoms with Crippen LogP contribution in [-0.2, 0) is 7.05 Å². The third kappa shape index (κ3) is 6.45. The van der Waals surface area contributed by atoms with E-state index in [0.29, 0.717) is 38.7 Å². The van der Waals surface area contributed by atoms with Crippen molar-refractivity contribution in [3.63, 3.8) is 0 Å². The van der Waals surface area contributed by atoms with Gasteiger partial charge in [0.1, 0.15) is 23.6 Å². The van der Waals surface area contributed by atoms with Crippen LogP contribution in [0.5, 0.6) is 0 Å². The van der Waals surface area contributed by atoms with Gasteiger partial charge >= 0.3 is 0 Å². The molecule has 0 saturated carbocycles. The zero-order valence-corrected chi connectivity index (χ0v) is 26.9. The topological polar surface area (TPSA) is 113 Å². The number of aryl methyl sites for hydroxylation is 1. The molecule has 0 aliphatic carbocycles. The summed E-state index contributed by atoms with van der Waals surface area (Å²) in [5.74, 6) is -0.537. The highest BCUT2D eigenvalue weighted by Crippen LogP contribution is 2.37. The van der Waals surface area contributed by atoms with Crippen LogP contribution in [0.4, 0.5) is 21.5 Å². The Hall–Kier alpha value is -4.24. The van der Waals surface area contributed by atoms with Crippen molar-refractivity contribution in [1.82, 2.24) is 34.4 Å². The van der Waals surface area contributed by atoms with Gasteiger partial charge in [-0.05, 0) is 63.9 Å². The SMILES string of the molecule is Cn1cnc(C(Nc2cc(Cl)c3ncc(C#N)c(Nc4ccc(F)c(Cl)c4)c3c2)c2cn(C3CCN(C(C)(C)C)CC3)nn2)c1. The number of benzene rings is 2. The number of imidazole rings is 1. The standard InChI is InChI=1S/C32H33Cl2FN10/c1-32(2,3)44-9-7-22(8-10-44)45-17-28(41-42-45)31(27-16-43(4)18-38-27)40-21-11-23-29(39-20-5-6-26(35)24(33)12-20)19(14-36)15-37-30(23)25(34)13-21/h5-6,11-13,15-18,22,31,40H,7-10H2,1-4H3,(H,37,39). The molecule has 2 N–H and O–H groups in total. The molecule has 0 spiro atoms. The number of hydrogen-bond acceptors (Lipinski definition) is 8. The Kier molecular flexibility index (Phi) is 8.39. The Balaban J connectivity index is 1.35. The van der Waals surface area contributed by atoms with Crippen LogP contribution in [0.2, 0.25) is 10.0 Å². The maximum atomic E-state index is 13.8. The van der Waals surface area contributed by atoms with Gasteiger partial charge in [0.25, 0.3) is 0 Å². The number of fused-ring (bicyclic) bond motifs is 1. The molecule has 0 radical (unpaired) electrons. The molecule has 232 valence electrons. The highest BCUT2D eigenvalue weighted by Gasteiger charge is 2.29. The van der Waals surface area contributed by atoms with Gasteiger partial charge in [-0.25, -0.2) is 14.1 Å². The van der Waals surface area contributed by atoms with Gasteiger partial charge in [-0.3, -0.25) is 9.88 Å². The summed E-state index contributed by atoms with van der Waals surface area (Å²) in [6.07, 6.45) is 9.10. The first kappa shape index (κ1) is 30.8. The van der Waals surface area contributed by atoms with Crippen molar-refractivity contribution in [1.29, 1.82) is 5.26 Å². The first-order valence-corrected chi connectivity index (χ1v) is 15.4. The Morgan fingerprint density at radius 1 is 1.02 bits per heavy atom. The van der Waals surface area contributed by atoms with Gasteiger partial charge in [0.2, 0.25) is 0 Å². The fourth-order valence-corrected chi connectivity index (χ4v) is 6.18. The Bertz CT molecular complexity index is 1900. The number of aromatic nitrogens is 6. The second-order valence-corrected chi connectivity index (χ2v) is 13.1. The molecule has 1 fully saturated rings. The molecule has 6 rings (SSSR count). The van der Waals surface area contributed by atoms with Crippen molar-refractivity contribution in [3.8, 4) is 6.07 Å². The van der Waals surface area contributed by atoms with Crippen molar-refractivity contribution in [3.05, 3.63) is 88.1 Å². The van der Waals surface area contributed by atoms with Gasteiger partial charge in [-0.2, -0.15) is 5.26 Å². The van der Waals surface area contributed by atoms with E-state index in [1.54, 1.807) is 18.5 Å². The molecule has 0 amide bonds. The third-order valence-electron chi connectivity index (χ3n) is 8.18. The Morgan fingerprint density at radius 3 is 2.44 bits per heavy atom. The molecule has 4 heterocycles. The van der Waals surface area contributed by atoms with Crippen LogP contribution in [0.25, 0.3) is 10.9 Å². The van der Waals surface area contributed by atoms with Crippen molar-refractivity contribution in [2.24, 2.45) is 7.05 Å². The molecule has 1 atom stereocenters. The van der Waals surface area contributed by atoms with Crippen molar-refractivity contribution in [2.45, 2.75) is 51.2 Å². The number of nitrogens with one attached hydrogen (secondary N) is 2. The van der Waals surface area contributed by atoms with E-state index in [2.05, 4.69) is 62.7 Å². The number of nitrogens with zero attached hydrogens (tertiary/aromatic N) is 8. The minimum Gasteiger partial charge on any atom is -0.371 e. The summed E-state index contributed by atoms with van der Waals surface area (Å²) in [5, 5.41) is 26.7. The Labute approximate surface area is 270 Å². The molecule has 10 nitrogen and oxygen atoms in total. The van der Waals surface area contributed by atoms with Crippen molar-refractivity contribution < 1.29 is 4.39 Å². The summed E-state index contributed by atoms with van der Waals surface area (Å²) < 4.78 is 17.7. The fraction of sp³-hybridized carbons (Fsp3) is 0.344. The normalized spacial score (nSPS) is 15.2. The minimum atomic E-state index is -0.537. The second kappa shape index (κ2) is 12.3. The van der Waals surface area contributed by atoms with E-state index in [1.807, 2.05) is 34.8 Å². The van der Waals surface area contributed by atoms with Crippen molar-refractivity contribution in [2.75, 3.05) is 23.7 Å². The molecule has 0 bridgehead atoms. The summed E-state index contributed by atoms with van der Waals surface area (Å²) in [4.78, 5) is 11.6. The highest BCUT2D eigenvalue weighted by molar-refractivity contribution is 6.36. The summed E-state index contributed by atoms with van der Waals surface area (Å²) >= 11 is 12.8. The quantitative estimate of drug-likeness (QED) is 0.190. The average Bonchev–Trinajstić information content (AvgIpc) is 3.67. The number of nitriles is 1. The van der Waals surface area contributed by atoms with E-state index in [9.17, 15) is 9.65 Å². The first-order chi connectivity index (χ1) is 21.5. The smallest absolute Gasteiger partial charge is 0.141 e. The van der Waals surface area contributed by atoms with Gasteiger partial charge in [0.15, 0.2) is 0 Å². The van der Waals surface area contributed by atoms with Gasteiger partial charge in [-0.1, -0.05) is 28.4 Å². The number of pyridine rings is 1. The molecule has 2 aromatic carbocycles. The van der Waals surface area contributed by atoms with Crippen LogP contribution >= 0.6 is 23.2 Å². The lowest BCUT2D eigenvalue weighted by Crippen LogP contribution is -2.46. The summed E-state index contributed by atoms with van der Waals surface area (Å²) in [5.41, 5.74) is 4.04. The first-order valence-electron chi connectivity index (χ1n) is 14.7. The number of piperidine rings is 1. The van der Waals surface area contributed by atoms with Gasteiger partial charge in [0.05, 0.1) is 51.1 Å². The molecule has 1 saturated heterocycles. The fourth-order valence-electron chi connectivity index (χ4n) is 5.73. The Morgan fingerprint density at radius 2 is 1.78 bits per heavy atom. The molecule has 1 unspecified atom stereocenters. The average molecular weight is 648 g/mol. The maximum Gasteiger partial charge on any atom is 0.141 e. The van der Waals surface area contributed by atoms with Gasteiger partial charge in [-0.15, -0.1) is 5.10 Å². The lowest BCUT2D eigenvalue weighted by Gasteiger charge is -2.40. The van der Waals surface area contributed by atoms with Gasteiger partial charge < -0.3 is 15.2 Å². The molecule has 45 heavy (non-hydrogen) atoms. The number of rotatable bonds is 7. The van der Waals surface area contributed by atoms with E-state index in [4.69, 9.17) is 23.2 Å². The van der Waals surface area contributed by atoms with Crippen LogP contribution in [-0.4, -0.2) is 53.1 Å². The maximum absolute atomic E-state index is 13.8. The van der Waals surface area contributed by atoms with E-state index in [1.165, 1.54) is 18.3 Å². The van der Waals surface area contributed by atoms with Crippen LogP contribution in [0.15, 0.2) is 55.2 Å². The second-order valence-electron chi connectivity index (χ2n) is 12.3. The monoisotopic (exact) mass is 646 g/mol. The minimum absolute atomic E-state index is 0.0386. The number of hydrogen-bond donors (Lipinski definition) is 2. The largest absolute Gasteiger partial charge is 0.371 e. The third-order valence-corrected chi connectivity index (χ3v) is 8.75. The summed E-state index contributed by atoms with van der Waals surface area (Å²) in [6, 6.07) is 9.91. The van der Waals surface area contributed by atoms with Gasteiger partial charge in [0, 0.05) is 54.8 Å². The van der Waals surface area contributed by atoms with Crippen LogP contribution < -0.4 is 10.6 Å². The lowest BCUT2D eigenvalue weighted by molar-refractivity contribution is 0.0866. The number of likely N-dealkylation sites (tertiary alicyclic amines) is 1. The van der Waals surface area contributed by atoms with Crippen LogP contribution in [0, 0.1) is 17.1 Å². The van der Waals surface area contributed by atoms with E-state index < -0.39 is 11.9 Å². The predicted octanol–water partition coefficient (Wildman–Crippen LogP) is 7.26. The zero-order valence-electron chi connectivity index (χ0n) is 25.4. The predicted molar refractivity (Wildman–Crippen MR) is 174 cm³/mol. The number of halogens is 3. The van der Waals surface area contributed by atoms with Crippen LogP contribution in [0.1, 0.15) is 62.6 Å². The molecule has 3 aromatic heterocycles. The van der Waals surface area contributed by atoms with Crippen molar-refractivity contribution >= 4 is 51.2 Å².